The molecule has 0 aliphatic carbocycles. The van der Waals surface area contributed by atoms with Crippen molar-refractivity contribution in [1.82, 2.24) is 4.90 Å². The Hall–Kier alpha value is -1.22. The second-order valence-corrected chi connectivity index (χ2v) is 6.74. The van der Waals surface area contributed by atoms with Gasteiger partial charge < -0.3 is 15.4 Å². The number of likely N-dealkylation sites (tertiary alicyclic amines) is 1. The van der Waals surface area contributed by atoms with E-state index in [1.165, 1.54) is 50.8 Å². The molecule has 2 N–H and O–H groups in total. The van der Waals surface area contributed by atoms with Crippen molar-refractivity contribution in [3.05, 3.63) is 23.8 Å². The molecule has 0 amide bonds. The maximum absolute atomic E-state index is 6.09. The van der Waals surface area contributed by atoms with Gasteiger partial charge in [0, 0.05) is 6.04 Å². The van der Waals surface area contributed by atoms with Crippen molar-refractivity contribution in [2.75, 3.05) is 18.8 Å². The van der Waals surface area contributed by atoms with Crippen molar-refractivity contribution in [2.45, 2.75) is 71.4 Å². The van der Waals surface area contributed by atoms with E-state index in [4.69, 9.17) is 10.5 Å². The maximum atomic E-state index is 6.09. The highest BCUT2D eigenvalue weighted by Crippen LogP contribution is 2.25. The van der Waals surface area contributed by atoms with E-state index in [9.17, 15) is 0 Å². The van der Waals surface area contributed by atoms with Crippen molar-refractivity contribution in [2.24, 2.45) is 0 Å². The molecule has 1 aromatic carbocycles. The Kier molecular flexibility index (Phi) is 6.56. The monoisotopic (exact) mass is 304 g/mol. The van der Waals surface area contributed by atoms with E-state index in [0.717, 1.165) is 23.9 Å². The molecule has 1 unspecified atom stereocenters. The van der Waals surface area contributed by atoms with Crippen LogP contribution in [0.4, 0.5) is 5.69 Å². The third-order valence-electron chi connectivity index (χ3n) is 4.57. The Labute approximate surface area is 135 Å². The van der Waals surface area contributed by atoms with Crippen molar-refractivity contribution < 1.29 is 4.74 Å². The van der Waals surface area contributed by atoms with Crippen LogP contribution in [0.2, 0.25) is 0 Å². The third-order valence-corrected chi connectivity index (χ3v) is 4.57. The summed E-state index contributed by atoms with van der Waals surface area (Å²) in [7, 11) is 0. The van der Waals surface area contributed by atoms with Gasteiger partial charge in [0.05, 0.1) is 11.8 Å². The summed E-state index contributed by atoms with van der Waals surface area (Å²) in [6.45, 7) is 8.86. The lowest BCUT2D eigenvalue weighted by Crippen LogP contribution is -2.39. The number of piperidine rings is 1. The van der Waals surface area contributed by atoms with Crippen molar-refractivity contribution in [3.8, 4) is 5.75 Å². The lowest BCUT2D eigenvalue weighted by atomic mass is 9.99. The average Bonchev–Trinajstić information content (AvgIpc) is 2.50. The van der Waals surface area contributed by atoms with E-state index in [0.29, 0.717) is 0 Å². The first-order chi connectivity index (χ1) is 10.6. The van der Waals surface area contributed by atoms with Gasteiger partial charge in [-0.2, -0.15) is 0 Å². The van der Waals surface area contributed by atoms with Gasteiger partial charge in [0.1, 0.15) is 5.75 Å². The van der Waals surface area contributed by atoms with Gasteiger partial charge in [-0.15, -0.1) is 0 Å². The fraction of sp³-hybridized carbons (Fsp3) is 0.684. The van der Waals surface area contributed by atoms with Gasteiger partial charge in [0.15, 0.2) is 0 Å². The highest BCUT2D eigenvalue weighted by Gasteiger charge is 2.19. The molecule has 22 heavy (non-hydrogen) atoms. The van der Waals surface area contributed by atoms with Crippen molar-refractivity contribution in [3.63, 3.8) is 0 Å². The molecule has 1 aliphatic rings. The quantitative estimate of drug-likeness (QED) is 0.765. The van der Waals surface area contributed by atoms with E-state index >= 15 is 0 Å². The summed E-state index contributed by atoms with van der Waals surface area (Å²) in [5, 5.41) is 0. The first kappa shape index (κ1) is 17.1. The van der Waals surface area contributed by atoms with Gasteiger partial charge in [-0.25, -0.2) is 0 Å². The molecule has 1 atom stereocenters. The molecule has 124 valence electrons. The van der Waals surface area contributed by atoms with Crippen LogP contribution in [0, 0.1) is 0 Å². The zero-order chi connectivity index (χ0) is 15.9. The van der Waals surface area contributed by atoms with Crippen LogP contribution >= 0.6 is 0 Å². The van der Waals surface area contributed by atoms with Crippen LogP contribution in [-0.4, -0.2) is 30.1 Å². The molecule has 1 heterocycles. The second kappa shape index (κ2) is 8.42. The molecular formula is C19H32N2O. The fourth-order valence-corrected chi connectivity index (χ4v) is 3.42. The van der Waals surface area contributed by atoms with Crippen molar-refractivity contribution in [1.29, 1.82) is 0 Å². The molecule has 0 radical (unpaired) electrons. The van der Waals surface area contributed by atoms with Gasteiger partial charge in [-0.1, -0.05) is 19.4 Å². The predicted octanol–water partition coefficient (Wildman–Crippen LogP) is 4.25. The summed E-state index contributed by atoms with van der Waals surface area (Å²) < 4.78 is 5.69. The highest BCUT2D eigenvalue weighted by molar-refractivity contribution is 5.54. The summed E-state index contributed by atoms with van der Waals surface area (Å²) in [5.41, 5.74) is 8.17. The minimum absolute atomic E-state index is 0.165. The summed E-state index contributed by atoms with van der Waals surface area (Å²) in [6, 6.07) is 7.05. The predicted molar refractivity (Wildman–Crippen MR) is 94.4 cm³/mol. The topological polar surface area (TPSA) is 38.5 Å². The Bertz CT molecular complexity index is 459. The minimum atomic E-state index is 0.165. The molecule has 3 nitrogen and oxygen atoms in total. The van der Waals surface area contributed by atoms with E-state index in [1.54, 1.807) is 0 Å². The lowest BCUT2D eigenvalue weighted by molar-refractivity contribution is 0.142. The number of benzene rings is 1. The summed E-state index contributed by atoms with van der Waals surface area (Å²) >= 11 is 0. The van der Waals surface area contributed by atoms with Crippen LogP contribution < -0.4 is 10.5 Å². The molecule has 3 heteroatoms. The first-order valence-electron chi connectivity index (χ1n) is 8.89. The molecule has 0 bridgehead atoms. The number of ether oxygens (including phenoxy) is 1. The number of hydrogen-bond donors (Lipinski definition) is 1. The van der Waals surface area contributed by atoms with Crippen LogP contribution in [0.15, 0.2) is 18.2 Å². The number of anilines is 1. The van der Waals surface area contributed by atoms with Crippen LogP contribution in [-0.2, 0) is 6.42 Å². The average molecular weight is 304 g/mol. The molecule has 1 fully saturated rings. The minimum Gasteiger partial charge on any atom is -0.489 e. The number of nitrogens with two attached hydrogens (primary N) is 1. The van der Waals surface area contributed by atoms with Gasteiger partial charge in [-0.05, 0) is 76.7 Å². The summed E-state index contributed by atoms with van der Waals surface area (Å²) in [6.07, 6.45) is 7.91. The van der Waals surface area contributed by atoms with Gasteiger partial charge >= 0.3 is 0 Å². The molecule has 1 saturated heterocycles. The van der Waals surface area contributed by atoms with Crippen LogP contribution in [0.3, 0.4) is 0 Å². The number of nitrogens with zero attached hydrogens (tertiary/aromatic N) is 1. The van der Waals surface area contributed by atoms with Crippen LogP contribution in [0.25, 0.3) is 0 Å². The van der Waals surface area contributed by atoms with E-state index in [2.05, 4.69) is 24.0 Å². The van der Waals surface area contributed by atoms with Gasteiger partial charge in [0.25, 0.3) is 0 Å². The zero-order valence-electron chi connectivity index (χ0n) is 14.5. The Morgan fingerprint density at radius 2 is 2.14 bits per heavy atom. The zero-order valence-corrected chi connectivity index (χ0v) is 14.5. The molecule has 2 rings (SSSR count). The number of nitrogen functional groups attached to an aromatic ring is 1. The molecule has 0 saturated carbocycles. The molecule has 0 aromatic heterocycles. The van der Waals surface area contributed by atoms with Gasteiger partial charge in [0.2, 0.25) is 0 Å². The normalized spacial score (nSPS) is 19.5. The number of rotatable bonds is 7. The highest BCUT2D eigenvalue weighted by atomic mass is 16.5. The largest absolute Gasteiger partial charge is 0.489 e. The summed E-state index contributed by atoms with van der Waals surface area (Å²) in [5.74, 6) is 0.806. The van der Waals surface area contributed by atoms with E-state index in [-0.39, 0.29) is 6.10 Å². The Balaban J connectivity index is 1.82. The van der Waals surface area contributed by atoms with Gasteiger partial charge in [-0.3, -0.25) is 0 Å². The smallest absolute Gasteiger partial charge is 0.142 e. The SMILES string of the molecule is CCC1CCCCN1CCCc1ccc(OC(C)C)c(N)c1. The molecule has 1 aliphatic heterocycles. The number of hydrogen-bond acceptors (Lipinski definition) is 3. The second-order valence-electron chi connectivity index (χ2n) is 6.74. The van der Waals surface area contributed by atoms with Crippen molar-refractivity contribution >= 4 is 5.69 Å². The van der Waals surface area contributed by atoms with E-state index in [1.807, 2.05) is 19.9 Å². The maximum Gasteiger partial charge on any atom is 0.142 e. The lowest BCUT2D eigenvalue weighted by Gasteiger charge is -2.35. The Morgan fingerprint density at radius 3 is 2.82 bits per heavy atom. The third kappa shape index (κ3) is 4.91. The van der Waals surface area contributed by atoms with Crippen LogP contribution in [0.1, 0.15) is 58.4 Å². The summed E-state index contributed by atoms with van der Waals surface area (Å²) in [4.78, 5) is 2.68. The Morgan fingerprint density at radius 1 is 1.32 bits per heavy atom. The van der Waals surface area contributed by atoms with E-state index < -0.39 is 0 Å². The van der Waals surface area contributed by atoms with Crippen LogP contribution in [0.5, 0.6) is 5.75 Å². The molecule has 1 aromatic rings. The number of aryl methyl sites for hydroxylation is 1. The standard InChI is InChI=1S/C19H32N2O/c1-4-17-9-5-6-12-21(17)13-7-8-16-10-11-19(18(20)14-16)22-15(2)3/h10-11,14-15,17H,4-9,12-13,20H2,1-3H3. The molecular weight excluding hydrogens is 272 g/mol. The molecule has 0 spiro atoms. The fourth-order valence-electron chi connectivity index (χ4n) is 3.42. The first-order valence-corrected chi connectivity index (χ1v) is 8.89.